The lowest BCUT2D eigenvalue weighted by molar-refractivity contribution is -0.127. The highest BCUT2D eigenvalue weighted by Crippen LogP contribution is 2.12. The lowest BCUT2D eigenvalue weighted by Gasteiger charge is -2.23. The molecule has 25 heavy (non-hydrogen) atoms. The summed E-state index contributed by atoms with van der Waals surface area (Å²) >= 11 is 1.72. The van der Waals surface area contributed by atoms with Crippen molar-refractivity contribution in [1.82, 2.24) is 20.1 Å². The van der Waals surface area contributed by atoms with Gasteiger partial charge in [-0.2, -0.15) is 0 Å². The smallest absolute Gasteiger partial charge is 0.243 e. The van der Waals surface area contributed by atoms with E-state index < -0.39 is 0 Å². The van der Waals surface area contributed by atoms with Gasteiger partial charge in [0.2, 0.25) is 5.91 Å². The van der Waals surface area contributed by atoms with Crippen molar-refractivity contribution in [1.29, 1.82) is 0 Å². The summed E-state index contributed by atoms with van der Waals surface area (Å²) in [5.41, 5.74) is 0. The van der Waals surface area contributed by atoms with Gasteiger partial charge in [-0.3, -0.25) is 4.79 Å². The molecule has 1 aromatic heterocycles. The SMILES string of the molecule is Cc1cnc(CCN(C)C(=NCC(=O)N(C)C)NCC2CCCO2)s1. The molecule has 2 heterocycles. The minimum Gasteiger partial charge on any atom is -0.376 e. The number of nitrogens with zero attached hydrogens (tertiary/aromatic N) is 4. The molecule has 0 spiro atoms. The van der Waals surface area contributed by atoms with Crippen LogP contribution in [0.2, 0.25) is 0 Å². The Hall–Kier alpha value is -1.67. The van der Waals surface area contributed by atoms with E-state index in [1.165, 1.54) is 4.88 Å². The fraction of sp³-hybridized carbons (Fsp3) is 0.706. The number of thiazole rings is 1. The van der Waals surface area contributed by atoms with Gasteiger partial charge in [0.05, 0.1) is 11.1 Å². The molecular weight excluding hydrogens is 338 g/mol. The van der Waals surface area contributed by atoms with Crippen molar-refractivity contribution < 1.29 is 9.53 Å². The molecule has 1 atom stereocenters. The highest BCUT2D eigenvalue weighted by atomic mass is 32.1. The summed E-state index contributed by atoms with van der Waals surface area (Å²) in [6.45, 7) is 4.54. The number of carbonyl (C=O) groups excluding carboxylic acids is 1. The van der Waals surface area contributed by atoms with Crippen LogP contribution >= 0.6 is 11.3 Å². The van der Waals surface area contributed by atoms with Crippen LogP contribution in [-0.4, -0.2) is 80.1 Å². The molecule has 140 valence electrons. The van der Waals surface area contributed by atoms with Crippen molar-refractivity contribution in [3.63, 3.8) is 0 Å². The summed E-state index contributed by atoms with van der Waals surface area (Å²) in [5, 5.41) is 4.48. The van der Waals surface area contributed by atoms with Crippen LogP contribution in [-0.2, 0) is 16.0 Å². The Morgan fingerprint density at radius 1 is 1.48 bits per heavy atom. The Labute approximate surface area is 154 Å². The summed E-state index contributed by atoms with van der Waals surface area (Å²) in [5.74, 6) is 0.722. The molecule has 2 rings (SSSR count). The third-order valence-corrected chi connectivity index (χ3v) is 5.04. The van der Waals surface area contributed by atoms with Crippen LogP contribution in [0.5, 0.6) is 0 Å². The van der Waals surface area contributed by atoms with Crippen molar-refractivity contribution in [3.8, 4) is 0 Å². The maximum absolute atomic E-state index is 11.9. The fourth-order valence-electron chi connectivity index (χ4n) is 2.49. The van der Waals surface area contributed by atoms with E-state index in [1.807, 2.05) is 13.2 Å². The molecule has 1 unspecified atom stereocenters. The first-order chi connectivity index (χ1) is 12.0. The molecule has 0 saturated carbocycles. The number of nitrogens with one attached hydrogen (secondary N) is 1. The standard InChI is InChI=1S/C17H29N5O2S/c1-13-10-18-15(25-13)7-8-22(4)17(20-12-16(23)21(2)3)19-11-14-6-5-9-24-14/h10,14H,5-9,11-12H2,1-4H3,(H,19,20). The number of aryl methyl sites for hydroxylation is 1. The average Bonchev–Trinajstić information content (AvgIpc) is 3.23. The van der Waals surface area contributed by atoms with Crippen LogP contribution in [0.1, 0.15) is 22.7 Å². The topological polar surface area (TPSA) is 70.1 Å². The summed E-state index contributed by atoms with van der Waals surface area (Å²) < 4.78 is 5.66. The second kappa shape index (κ2) is 9.72. The number of rotatable bonds is 7. The third kappa shape index (κ3) is 6.62. The van der Waals surface area contributed by atoms with Gasteiger partial charge in [-0.1, -0.05) is 0 Å². The molecule has 1 fully saturated rings. The maximum Gasteiger partial charge on any atom is 0.243 e. The lowest BCUT2D eigenvalue weighted by Crippen LogP contribution is -2.43. The highest BCUT2D eigenvalue weighted by Gasteiger charge is 2.17. The van der Waals surface area contributed by atoms with E-state index in [4.69, 9.17) is 4.74 Å². The molecule has 1 aliphatic heterocycles. The first-order valence-corrected chi connectivity index (χ1v) is 9.50. The normalized spacial score (nSPS) is 17.6. The van der Waals surface area contributed by atoms with Crippen molar-refractivity contribution in [2.24, 2.45) is 4.99 Å². The van der Waals surface area contributed by atoms with E-state index in [0.29, 0.717) is 0 Å². The Morgan fingerprint density at radius 2 is 2.28 bits per heavy atom. The molecule has 0 radical (unpaired) electrons. The van der Waals surface area contributed by atoms with Crippen LogP contribution < -0.4 is 5.32 Å². The van der Waals surface area contributed by atoms with Crippen LogP contribution in [0.4, 0.5) is 0 Å². The van der Waals surface area contributed by atoms with E-state index in [9.17, 15) is 4.79 Å². The monoisotopic (exact) mass is 367 g/mol. The average molecular weight is 368 g/mol. The predicted octanol–water partition coefficient (Wildman–Crippen LogP) is 1.14. The van der Waals surface area contributed by atoms with Gasteiger partial charge in [0, 0.05) is 58.3 Å². The van der Waals surface area contributed by atoms with E-state index in [1.54, 1.807) is 30.3 Å². The molecular formula is C17H29N5O2S. The minimum absolute atomic E-state index is 0.0136. The van der Waals surface area contributed by atoms with Gasteiger partial charge < -0.3 is 19.9 Å². The predicted molar refractivity (Wildman–Crippen MR) is 101 cm³/mol. The zero-order valence-corrected chi connectivity index (χ0v) is 16.4. The maximum atomic E-state index is 11.9. The number of guanidine groups is 1. The van der Waals surface area contributed by atoms with Crippen LogP contribution in [0.3, 0.4) is 0 Å². The molecule has 7 nitrogen and oxygen atoms in total. The molecule has 0 aromatic carbocycles. The second-order valence-electron chi connectivity index (χ2n) is 6.48. The molecule has 8 heteroatoms. The van der Waals surface area contributed by atoms with Crippen LogP contribution in [0.25, 0.3) is 0 Å². The number of aliphatic imine (C=N–C) groups is 1. The van der Waals surface area contributed by atoms with Crippen LogP contribution in [0.15, 0.2) is 11.2 Å². The zero-order chi connectivity index (χ0) is 18.2. The Bertz CT molecular complexity index is 581. The molecule has 1 N–H and O–H groups in total. The number of hydrogen-bond acceptors (Lipinski definition) is 5. The van der Waals surface area contributed by atoms with E-state index in [-0.39, 0.29) is 18.6 Å². The van der Waals surface area contributed by atoms with Gasteiger partial charge in [-0.15, -0.1) is 11.3 Å². The largest absolute Gasteiger partial charge is 0.376 e. The third-order valence-electron chi connectivity index (χ3n) is 4.07. The van der Waals surface area contributed by atoms with Gasteiger partial charge in [-0.05, 0) is 19.8 Å². The quantitative estimate of drug-likeness (QED) is 0.578. The first kappa shape index (κ1) is 19.7. The Balaban J connectivity index is 1.92. The summed E-state index contributed by atoms with van der Waals surface area (Å²) in [6.07, 6.45) is 5.17. The van der Waals surface area contributed by atoms with Gasteiger partial charge >= 0.3 is 0 Å². The summed E-state index contributed by atoms with van der Waals surface area (Å²) in [4.78, 5) is 25.6. The van der Waals surface area contributed by atoms with Gasteiger partial charge in [0.15, 0.2) is 5.96 Å². The summed E-state index contributed by atoms with van der Waals surface area (Å²) in [6, 6.07) is 0. The second-order valence-corrected chi connectivity index (χ2v) is 7.80. The number of aromatic nitrogens is 1. The van der Waals surface area contributed by atoms with Crippen molar-refractivity contribution >= 4 is 23.2 Å². The first-order valence-electron chi connectivity index (χ1n) is 8.68. The molecule has 0 bridgehead atoms. The van der Waals surface area contributed by atoms with Crippen molar-refractivity contribution in [2.75, 3.05) is 47.4 Å². The number of amides is 1. The van der Waals surface area contributed by atoms with Gasteiger partial charge in [0.25, 0.3) is 0 Å². The fourth-order valence-corrected chi connectivity index (χ4v) is 3.27. The lowest BCUT2D eigenvalue weighted by atomic mass is 10.2. The molecule has 1 saturated heterocycles. The molecule has 1 amide bonds. The molecule has 1 aliphatic rings. The molecule has 1 aromatic rings. The number of hydrogen-bond donors (Lipinski definition) is 1. The van der Waals surface area contributed by atoms with Gasteiger partial charge in [-0.25, -0.2) is 9.98 Å². The number of ether oxygens (including phenoxy) is 1. The van der Waals surface area contributed by atoms with E-state index >= 15 is 0 Å². The number of likely N-dealkylation sites (N-methyl/N-ethyl adjacent to an activating group) is 2. The summed E-state index contributed by atoms with van der Waals surface area (Å²) in [7, 11) is 5.47. The minimum atomic E-state index is -0.0136. The van der Waals surface area contributed by atoms with Crippen molar-refractivity contribution in [3.05, 3.63) is 16.1 Å². The van der Waals surface area contributed by atoms with Crippen LogP contribution in [0, 0.1) is 6.92 Å². The van der Waals surface area contributed by atoms with Gasteiger partial charge in [0.1, 0.15) is 6.54 Å². The molecule has 0 aliphatic carbocycles. The Kier molecular flexibility index (Phi) is 7.64. The number of carbonyl (C=O) groups is 1. The van der Waals surface area contributed by atoms with E-state index in [2.05, 4.69) is 27.1 Å². The Morgan fingerprint density at radius 3 is 2.88 bits per heavy atom. The van der Waals surface area contributed by atoms with E-state index in [0.717, 1.165) is 49.9 Å². The zero-order valence-electron chi connectivity index (χ0n) is 15.6. The highest BCUT2D eigenvalue weighted by molar-refractivity contribution is 7.11. The van der Waals surface area contributed by atoms with Crippen molar-refractivity contribution in [2.45, 2.75) is 32.3 Å².